The summed E-state index contributed by atoms with van der Waals surface area (Å²) in [6, 6.07) is 12.1. The largest absolute Gasteiger partial charge is 0.456 e. The SMILES string of the molecule is N#Cc1ccc(Oc2ccc(Cl)c(Cl)c2)c(Br)c1. The highest BCUT2D eigenvalue weighted by Gasteiger charge is 2.06. The van der Waals surface area contributed by atoms with Crippen molar-refractivity contribution < 1.29 is 4.74 Å². The van der Waals surface area contributed by atoms with E-state index in [4.69, 9.17) is 33.2 Å². The smallest absolute Gasteiger partial charge is 0.141 e. The van der Waals surface area contributed by atoms with Crippen molar-refractivity contribution in [3.05, 3.63) is 56.5 Å². The highest BCUT2D eigenvalue weighted by atomic mass is 79.9. The van der Waals surface area contributed by atoms with Crippen molar-refractivity contribution in [1.82, 2.24) is 0 Å². The first-order chi connectivity index (χ1) is 8.60. The van der Waals surface area contributed by atoms with Crippen LogP contribution in [0.4, 0.5) is 0 Å². The van der Waals surface area contributed by atoms with Gasteiger partial charge in [0.1, 0.15) is 11.5 Å². The van der Waals surface area contributed by atoms with Gasteiger partial charge in [-0.25, -0.2) is 0 Å². The molecule has 5 heteroatoms. The molecule has 0 bridgehead atoms. The van der Waals surface area contributed by atoms with E-state index in [1.165, 1.54) is 0 Å². The second kappa shape index (κ2) is 5.62. The van der Waals surface area contributed by atoms with E-state index < -0.39 is 0 Å². The van der Waals surface area contributed by atoms with Crippen LogP contribution in [0, 0.1) is 11.3 Å². The summed E-state index contributed by atoms with van der Waals surface area (Å²) >= 11 is 15.1. The fourth-order valence-electron chi connectivity index (χ4n) is 1.32. The standard InChI is InChI=1S/C13H6BrCl2NO/c14-10-5-8(7-17)1-4-13(10)18-9-2-3-11(15)12(16)6-9/h1-6H. The van der Waals surface area contributed by atoms with Crippen molar-refractivity contribution in [3.8, 4) is 17.6 Å². The molecule has 2 nitrogen and oxygen atoms in total. The lowest BCUT2D eigenvalue weighted by atomic mass is 10.2. The lowest BCUT2D eigenvalue weighted by molar-refractivity contribution is 0.479. The fraction of sp³-hybridized carbons (Fsp3) is 0. The summed E-state index contributed by atoms with van der Waals surface area (Å²) in [7, 11) is 0. The maximum absolute atomic E-state index is 8.77. The Balaban J connectivity index is 2.29. The van der Waals surface area contributed by atoms with E-state index in [1.807, 2.05) is 0 Å². The molecule has 2 aromatic carbocycles. The maximum atomic E-state index is 8.77. The Kier molecular flexibility index (Phi) is 4.13. The molecular weight excluding hydrogens is 337 g/mol. The van der Waals surface area contributed by atoms with Gasteiger partial charge in [0.25, 0.3) is 0 Å². The zero-order chi connectivity index (χ0) is 13.1. The normalized spacial score (nSPS) is 9.89. The van der Waals surface area contributed by atoms with E-state index in [9.17, 15) is 0 Å². The van der Waals surface area contributed by atoms with Gasteiger partial charge in [-0.05, 0) is 46.3 Å². The summed E-state index contributed by atoms with van der Waals surface area (Å²) in [5.41, 5.74) is 0.559. The number of hydrogen-bond acceptors (Lipinski definition) is 2. The van der Waals surface area contributed by atoms with Crippen molar-refractivity contribution >= 4 is 39.1 Å². The third-order valence-corrected chi connectivity index (χ3v) is 3.54. The third-order valence-electron chi connectivity index (χ3n) is 2.18. The first-order valence-electron chi connectivity index (χ1n) is 4.92. The Morgan fingerprint density at radius 1 is 1.06 bits per heavy atom. The molecule has 0 unspecified atom stereocenters. The van der Waals surface area contributed by atoms with E-state index in [2.05, 4.69) is 22.0 Å². The van der Waals surface area contributed by atoms with Crippen LogP contribution in [0.1, 0.15) is 5.56 Å². The molecule has 2 rings (SSSR count). The fourth-order valence-corrected chi connectivity index (χ4v) is 2.07. The number of nitrogens with zero attached hydrogens (tertiary/aromatic N) is 1. The molecule has 0 saturated heterocycles. The van der Waals surface area contributed by atoms with Gasteiger partial charge < -0.3 is 4.74 Å². The van der Waals surface area contributed by atoms with Gasteiger partial charge in [0.15, 0.2) is 0 Å². The summed E-state index contributed by atoms with van der Waals surface area (Å²) in [6.45, 7) is 0. The van der Waals surface area contributed by atoms with Crippen molar-refractivity contribution in [2.45, 2.75) is 0 Å². The number of nitriles is 1. The summed E-state index contributed by atoms with van der Waals surface area (Å²) < 4.78 is 6.35. The van der Waals surface area contributed by atoms with Gasteiger partial charge >= 0.3 is 0 Å². The molecule has 0 heterocycles. The molecule has 0 spiro atoms. The second-order valence-electron chi connectivity index (χ2n) is 3.43. The van der Waals surface area contributed by atoms with Crippen molar-refractivity contribution in [2.24, 2.45) is 0 Å². The van der Waals surface area contributed by atoms with Crippen LogP contribution in [0.15, 0.2) is 40.9 Å². The minimum atomic E-state index is 0.430. The molecule has 0 amide bonds. The summed E-state index contributed by atoms with van der Waals surface area (Å²) in [5, 5.41) is 9.67. The molecule has 90 valence electrons. The zero-order valence-corrected chi connectivity index (χ0v) is 12.1. The van der Waals surface area contributed by atoms with Gasteiger partial charge in [0, 0.05) is 6.07 Å². The van der Waals surface area contributed by atoms with E-state index in [-0.39, 0.29) is 0 Å². The first-order valence-corrected chi connectivity index (χ1v) is 6.47. The van der Waals surface area contributed by atoms with Crippen LogP contribution in [-0.2, 0) is 0 Å². The maximum Gasteiger partial charge on any atom is 0.141 e. The molecule has 0 radical (unpaired) electrons. The van der Waals surface area contributed by atoms with Crippen molar-refractivity contribution in [3.63, 3.8) is 0 Å². The molecule has 0 N–H and O–H groups in total. The Morgan fingerprint density at radius 2 is 1.83 bits per heavy atom. The predicted octanol–water partition coefficient (Wildman–Crippen LogP) is 5.42. The van der Waals surface area contributed by atoms with Crippen molar-refractivity contribution in [1.29, 1.82) is 5.26 Å². The minimum Gasteiger partial charge on any atom is -0.456 e. The van der Waals surface area contributed by atoms with Gasteiger partial charge in [-0.1, -0.05) is 23.2 Å². The van der Waals surface area contributed by atoms with Crippen LogP contribution in [0.5, 0.6) is 11.5 Å². The molecule has 0 aliphatic rings. The molecule has 0 aliphatic carbocycles. The molecule has 0 saturated carbocycles. The number of ether oxygens (including phenoxy) is 1. The first kappa shape index (κ1) is 13.2. The van der Waals surface area contributed by atoms with E-state index in [0.29, 0.717) is 31.6 Å². The average molecular weight is 343 g/mol. The number of rotatable bonds is 2. The number of halogens is 3. The lowest BCUT2D eigenvalue weighted by Crippen LogP contribution is -1.86. The van der Waals surface area contributed by atoms with Crippen LogP contribution in [0.2, 0.25) is 10.0 Å². The van der Waals surface area contributed by atoms with Crippen LogP contribution >= 0.6 is 39.1 Å². The summed E-state index contributed by atoms with van der Waals surface area (Å²) in [6.07, 6.45) is 0. The lowest BCUT2D eigenvalue weighted by Gasteiger charge is -2.08. The Labute approximate surface area is 123 Å². The van der Waals surface area contributed by atoms with Crippen LogP contribution in [0.25, 0.3) is 0 Å². The topological polar surface area (TPSA) is 33.0 Å². The number of hydrogen-bond donors (Lipinski definition) is 0. The van der Waals surface area contributed by atoms with Gasteiger partial charge in [-0.15, -0.1) is 0 Å². The predicted molar refractivity (Wildman–Crippen MR) is 75.4 cm³/mol. The molecule has 0 aromatic heterocycles. The van der Waals surface area contributed by atoms with E-state index in [1.54, 1.807) is 36.4 Å². The quantitative estimate of drug-likeness (QED) is 0.730. The number of benzene rings is 2. The Hall–Kier alpha value is -1.21. The molecule has 18 heavy (non-hydrogen) atoms. The van der Waals surface area contributed by atoms with E-state index >= 15 is 0 Å². The average Bonchev–Trinajstić information content (AvgIpc) is 2.36. The molecule has 0 atom stereocenters. The van der Waals surface area contributed by atoms with Gasteiger partial charge in [-0.3, -0.25) is 0 Å². The van der Waals surface area contributed by atoms with Gasteiger partial charge in [0.2, 0.25) is 0 Å². The van der Waals surface area contributed by atoms with Gasteiger partial charge in [-0.2, -0.15) is 5.26 Å². The molecule has 0 aliphatic heterocycles. The third kappa shape index (κ3) is 2.97. The monoisotopic (exact) mass is 341 g/mol. The van der Waals surface area contributed by atoms with Crippen LogP contribution in [0.3, 0.4) is 0 Å². The second-order valence-corrected chi connectivity index (χ2v) is 5.10. The highest BCUT2D eigenvalue weighted by molar-refractivity contribution is 9.10. The van der Waals surface area contributed by atoms with Gasteiger partial charge in [0.05, 0.1) is 26.2 Å². The van der Waals surface area contributed by atoms with Crippen LogP contribution in [-0.4, -0.2) is 0 Å². The Bertz CT molecular complexity index is 637. The van der Waals surface area contributed by atoms with Crippen molar-refractivity contribution in [2.75, 3.05) is 0 Å². The highest BCUT2D eigenvalue weighted by Crippen LogP contribution is 2.33. The van der Waals surface area contributed by atoms with E-state index in [0.717, 1.165) is 0 Å². The zero-order valence-electron chi connectivity index (χ0n) is 8.95. The summed E-state index contributed by atoms with van der Waals surface area (Å²) in [4.78, 5) is 0. The minimum absolute atomic E-state index is 0.430. The molecule has 2 aromatic rings. The van der Waals surface area contributed by atoms with Crippen LogP contribution < -0.4 is 4.74 Å². The Morgan fingerprint density at radius 3 is 2.44 bits per heavy atom. The molecule has 0 fully saturated rings. The summed E-state index contributed by atoms with van der Waals surface area (Å²) in [5.74, 6) is 1.18. The molecular formula is C13H6BrCl2NO.